The Morgan fingerprint density at radius 3 is 2.50 bits per heavy atom. The number of rotatable bonds is 3. The standard InChI is InChI=1S/C19H19NO4/c1-19(2,3)15-7-5-14(6-8-15)18(21)24-20-11-13-4-9-16-17(10-13)23-12-22-16/h4-11H,12H2,1-3H3/b20-11-. The molecule has 0 atom stereocenters. The predicted octanol–water partition coefficient (Wildman–Crippen LogP) is 3.90. The van der Waals surface area contributed by atoms with Crippen molar-refractivity contribution in [3.8, 4) is 11.5 Å². The number of oxime groups is 1. The molecule has 2 aromatic carbocycles. The lowest BCUT2D eigenvalue weighted by atomic mass is 9.87. The van der Waals surface area contributed by atoms with Crippen molar-refractivity contribution in [2.24, 2.45) is 5.16 Å². The summed E-state index contributed by atoms with van der Waals surface area (Å²) in [5, 5.41) is 3.74. The van der Waals surface area contributed by atoms with Gasteiger partial charge < -0.3 is 14.3 Å². The van der Waals surface area contributed by atoms with Crippen LogP contribution in [0.4, 0.5) is 0 Å². The molecule has 0 unspecified atom stereocenters. The van der Waals surface area contributed by atoms with Crippen molar-refractivity contribution < 1.29 is 19.1 Å². The van der Waals surface area contributed by atoms with E-state index in [4.69, 9.17) is 14.3 Å². The molecule has 124 valence electrons. The molecule has 0 aliphatic carbocycles. The maximum Gasteiger partial charge on any atom is 0.365 e. The SMILES string of the molecule is CC(C)(C)c1ccc(C(=O)O/N=C\c2ccc3c(c2)OCO3)cc1. The fourth-order valence-corrected chi connectivity index (χ4v) is 2.29. The molecule has 0 amide bonds. The predicted molar refractivity (Wildman–Crippen MR) is 90.7 cm³/mol. The van der Waals surface area contributed by atoms with E-state index in [9.17, 15) is 4.79 Å². The first-order chi connectivity index (χ1) is 11.4. The maximum atomic E-state index is 12.0. The van der Waals surface area contributed by atoms with Crippen LogP contribution < -0.4 is 9.47 Å². The molecule has 0 saturated heterocycles. The summed E-state index contributed by atoms with van der Waals surface area (Å²) in [7, 11) is 0. The molecule has 1 aliphatic heterocycles. The number of hydrogen-bond donors (Lipinski definition) is 0. The highest BCUT2D eigenvalue weighted by molar-refractivity contribution is 5.90. The summed E-state index contributed by atoms with van der Waals surface area (Å²) in [6.45, 7) is 6.58. The lowest BCUT2D eigenvalue weighted by Crippen LogP contribution is -2.11. The summed E-state index contributed by atoms with van der Waals surface area (Å²) in [5.74, 6) is 0.860. The molecule has 0 bridgehead atoms. The summed E-state index contributed by atoms with van der Waals surface area (Å²) in [6, 6.07) is 12.7. The molecule has 0 saturated carbocycles. The van der Waals surface area contributed by atoms with Crippen LogP contribution >= 0.6 is 0 Å². The van der Waals surface area contributed by atoms with Crippen molar-refractivity contribution in [1.29, 1.82) is 0 Å². The van der Waals surface area contributed by atoms with Gasteiger partial charge in [0.05, 0.1) is 11.8 Å². The maximum absolute atomic E-state index is 12.0. The van der Waals surface area contributed by atoms with E-state index in [0.717, 1.165) is 11.1 Å². The molecule has 24 heavy (non-hydrogen) atoms. The number of fused-ring (bicyclic) bond motifs is 1. The highest BCUT2D eigenvalue weighted by Crippen LogP contribution is 2.32. The van der Waals surface area contributed by atoms with E-state index >= 15 is 0 Å². The molecule has 1 aliphatic rings. The molecule has 0 fully saturated rings. The molecule has 0 aromatic heterocycles. The monoisotopic (exact) mass is 325 g/mol. The van der Waals surface area contributed by atoms with Crippen molar-refractivity contribution in [2.45, 2.75) is 26.2 Å². The van der Waals surface area contributed by atoms with Gasteiger partial charge >= 0.3 is 5.97 Å². The van der Waals surface area contributed by atoms with E-state index in [-0.39, 0.29) is 12.2 Å². The zero-order valence-corrected chi connectivity index (χ0v) is 13.9. The van der Waals surface area contributed by atoms with Gasteiger partial charge in [-0.2, -0.15) is 0 Å². The number of hydrogen-bond acceptors (Lipinski definition) is 5. The fraction of sp³-hybridized carbons (Fsp3) is 0.263. The number of ether oxygens (including phenoxy) is 2. The van der Waals surface area contributed by atoms with E-state index < -0.39 is 5.97 Å². The zero-order valence-electron chi connectivity index (χ0n) is 13.9. The minimum atomic E-state index is -0.493. The van der Waals surface area contributed by atoms with Gasteiger partial charge in [0.1, 0.15) is 0 Å². The van der Waals surface area contributed by atoms with E-state index in [1.165, 1.54) is 6.21 Å². The largest absolute Gasteiger partial charge is 0.454 e. The van der Waals surface area contributed by atoms with Crippen LogP contribution in [-0.2, 0) is 10.3 Å². The van der Waals surface area contributed by atoms with E-state index in [1.54, 1.807) is 24.3 Å². The molecule has 0 spiro atoms. The molecule has 3 rings (SSSR count). The van der Waals surface area contributed by atoms with Crippen LogP contribution in [0.3, 0.4) is 0 Å². The van der Waals surface area contributed by atoms with Crippen LogP contribution in [0.25, 0.3) is 0 Å². The van der Waals surface area contributed by atoms with Gasteiger partial charge in [-0.1, -0.05) is 38.1 Å². The molecule has 2 aromatic rings. The van der Waals surface area contributed by atoms with Crippen molar-refractivity contribution in [3.05, 3.63) is 59.2 Å². The second kappa shape index (κ2) is 6.35. The molecule has 0 N–H and O–H groups in total. The minimum absolute atomic E-state index is 0.0416. The van der Waals surface area contributed by atoms with Gasteiger partial charge in [0.25, 0.3) is 0 Å². The molecule has 5 heteroatoms. The first-order valence-corrected chi connectivity index (χ1v) is 7.68. The topological polar surface area (TPSA) is 57.1 Å². The van der Waals surface area contributed by atoms with Gasteiger partial charge in [-0.3, -0.25) is 0 Å². The summed E-state index contributed by atoms with van der Waals surface area (Å²) in [5.41, 5.74) is 2.42. The summed E-state index contributed by atoms with van der Waals surface area (Å²) < 4.78 is 10.5. The Kier molecular flexibility index (Phi) is 4.25. The van der Waals surface area contributed by atoms with Crippen molar-refractivity contribution >= 4 is 12.2 Å². The van der Waals surface area contributed by atoms with Gasteiger partial charge in [0, 0.05) is 5.56 Å². The molecular formula is C19H19NO4. The first kappa shape index (κ1) is 16.1. The lowest BCUT2D eigenvalue weighted by Gasteiger charge is -2.18. The Morgan fingerprint density at radius 1 is 1.08 bits per heavy atom. The average Bonchev–Trinajstić information content (AvgIpc) is 3.02. The normalized spacial score (nSPS) is 13.3. The molecule has 1 heterocycles. The Hall–Kier alpha value is -2.82. The smallest absolute Gasteiger partial charge is 0.365 e. The van der Waals surface area contributed by atoms with Gasteiger partial charge in [0.2, 0.25) is 6.79 Å². The van der Waals surface area contributed by atoms with Crippen molar-refractivity contribution in [3.63, 3.8) is 0 Å². The van der Waals surface area contributed by atoms with Crippen LogP contribution in [0.5, 0.6) is 11.5 Å². The Labute approximate surface area is 140 Å². The third kappa shape index (κ3) is 3.56. The van der Waals surface area contributed by atoms with Crippen molar-refractivity contribution in [2.75, 3.05) is 6.79 Å². The Bertz CT molecular complexity index is 773. The first-order valence-electron chi connectivity index (χ1n) is 7.68. The second-order valence-corrected chi connectivity index (χ2v) is 6.55. The highest BCUT2D eigenvalue weighted by Gasteiger charge is 2.15. The van der Waals surface area contributed by atoms with Crippen LogP contribution in [0.2, 0.25) is 0 Å². The van der Waals surface area contributed by atoms with Crippen molar-refractivity contribution in [1.82, 2.24) is 0 Å². The number of carbonyl (C=O) groups excluding carboxylic acids is 1. The minimum Gasteiger partial charge on any atom is -0.454 e. The van der Waals surface area contributed by atoms with Gasteiger partial charge in [-0.25, -0.2) is 4.79 Å². The average molecular weight is 325 g/mol. The van der Waals surface area contributed by atoms with Crippen LogP contribution in [-0.4, -0.2) is 19.0 Å². The third-order valence-corrected chi connectivity index (χ3v) is 3.72. The number of carbonyl (C=O) groups is 1. The third-order valence-electron chi connectivity index (χ3n) is 3.72. The summed E-state index contributed by atoms with van der Waals surface area (Å²) in [4.78, 5) is 16.9. The quantitative estimate of drug-likeness (QED) is 0.488. The highest BCUT2D eigenvalue weighted by atomic mass is 16.7. The second-order valence-electron chi connectivity index (χ2n) is 6.55. The summed E-state index contributed by atoms with van der Waals surface area (Å²) >= 11 is 0. The van der Waals surface area contributed by atoms with Crippen LogP contribution in [0.1, 0.15) is 42.3 Å². The van der Waals surface area contributed by atoms with Gasteiger partial charge in [-0.15, -0.1) is 0 Å². The molecule has 0 radical (unpaired) electrons. The Morgan fingerprint density at radius 2 is 1.79 bits per heavy atom. The molecule has 5 nitrogen and oxygen atoms in total. The molecular weight excluding hydrogens is 306 g/mol. The van der Waals surface area contributed by atoms with Gasteiger partial charge in [0.15, 0.2) is 11.5 Å². The van der Waals surface area contributed by atoms with Gasteiger partial charge in [-0.05, 0) is 41.3 Å². The van der Waals surface area contributed by atoms with E-state index in [1.807, 2.05) is 18.2 Å². The lowest BCUT2D eigenvalue weighted by molar-refractivity contribution is 0.0519. The summed E-state index contributed by atoms with van der Waals surface area (Å²) in [6.07, 6.45) is 1.46. The van der Waals surface area contributed by atoms with Crippen LogP contribution in [0.15, 0.2) is 47.6 Å². The fourth-order valence-electron chi connectivity index (χ4n) is 2.29. The van der Waals surface area contributed by atoms with Crippen LogP contribution in [0, 0.1) is 0 Å². The zero-order chi connectivity index (χ0) is 17.2. The van der Waals surface area contributed by atoms with E-state index in [2.05, 4.69) is 25.9 Å². The van der Waals surface area contributed by atoms with E-state index in [0.29, 0.717) is 17.1 Å². The number of nitrogens with zero attached hydrogens (tertiary/aromatic N) is 1. The Balaban J connectivity index is 1.63. The number of benzene rings is 2.